The molecule has 0 N–H and O–H groups in total. The van der Waals surface area contributed by atoms with E-state index in [1.165, 1.54) is 0 Å². The first-order valence-electron chi connectivity index (χ1n) is 18.8. The number of para-hydroxylation sites is 3. The van der Waals surface area contributed by atoms with E-state index in [4.69, 9.17) is 18.8 Å². The van der Waals surface area contributed by atoms with Gasteiger partial charge in [0.1, 0.15) is 22.3 Å². The van der Waals surface area contributed by atoms with Crippen LogP contribution in [0.3, 0.4) is 0 Å². The molecule has 4 nitrogen and oxygen atoms in total. The summed E-state index contributed by atoms with van der Waals surface area (Å²) in [5.74, 6) is 0.647. The fourth-order valence-electron chi connectivity index (χ4n) is 8.01. The van der Waals surface area contributed by atoms with Crippen molar-refractivity contribution in [2.24, 2.45) is 0 Å². The van der Waals surface area contributed by atoms with E-state index in [1.54, 1.807) is 0 Å². The molecule has 56 heavy (non-hydrogen) atoms. The van der Waals surface area contributed by atoms with Crippen LogP contribution in [0.2, 0.25) is 0 Å². The largest absolute Gasteiger partial charge is 0.456 e. The highest BCUT2D eigenvalue weighted by Gasteiger charge is 2.19. The highest BCUT2D eigenvalue weighted by Crippen LogP contribution is 2.41. The second kappa shape index (κ2) is 13.1. The van der Waals surface area contributed by atoms with E-state index in [2.05, 4.69) is 146 Å². The molecule has 0 fully saturated rings. The first-order chi connectivity index (χ1) is 27.7. The van der Waals surface area contributed by atoms with Crippen molar-refractivity contribution in [1.82, 2.24) is 9.97 Å². The Morgan fingerprint density at radius 1 is 0.286 bits per heavy atom. The number of furan rings is 2. The predicted octanol–water partition coefficient (Wildman–Crippen LogP) is 14.3. The molecule has 0 saturated carbocycles. The summed E-state index contributed by atoms with van der Waals surface area (Å²) in [7, 11) is 0. The molecule has 0 aliphatic rings. The highest BCUT2D eigenvalue weighted by atomic mass is 16.3. The summed E-state index contributed by atoms with van der Waals surface area (Å²) in [5.41, 5.74) is 14.6. The van der Waals surface area contributed by atoms with Gasteiger partial charge in [-0.1, -0.05) is 140 Å². The molecular weight excluding hydrogens is 685 g/mol. The lowest BCUT2D eigenvalue weighted by Crippen LogP contribution is -1.97. The Balaban J connectivity index is 1.17. The Hall–Kier alpha value is -7.56. The zero-order valence-electron chi connectivity index (χ0n) is 30.2. The topological polar surface area (TPSA) is 52.1 Å². The van der Waals surface area contributed by atoms with Crippen LogP contribution >= 0.6 is 0 Å². The minimum absolute atomic E-state index is 0.647. The lowest BCUT2D eigenvalue weighted by molar-refractivity contribution is 0.669. The number of fused-ring (bicyclic) bond motifs is 6. The van der Waals surface area contributed by atoms with Crippen molar-refractivity contribution in [3.63, 3.8) is 0 Å². The van der Waals surface area contributed by atoms with E-state index in [0.717, 1.165) is 105 Å². The molecule has 0 bridgehead atoms. The SMILES string of the molecule is c1ccc(-c2nc(-c3cc(-c4ccc5oc6ccccc6c5c4)cc(-c4ccccc4-c4ccccc4)c3)cc(-c3cccc4c3oc3ccccc34)n2)cc1. The molecule has 0 atom stereocenters. The van der Waals surface area contributed by atoms with Gasteiger partial charge in [-0.3, -0.25) is 0 Å². The number of rotatable bonds is 6. The third kappa shape index (κ3) is 5.47. The quantitative estimate of drug-likeness (QED) is 0.172. The molecule has 3 aromatic heterocycles. The summed E-state index contributed by atoms with van der Waals surface area (Å²) in [5, 5.41) is 4.33. The van der Waals surface area contributed by atoms with Crippen LogP contribution in [-0.4, -0.2) is 9.97 Å². The van der Waals surface area contributed by atoms with Gasteiger partial charge >= 0.3 is 0 Å². The Morgan fingerprint density at radius 2 is 0.839 bits per heavy atom. The molecule has 0 radical (unpaired) electrons. The van der Waals surface area contributed by atoms with Crippen LogP contribution in [0.5, 0.6) is 0 Å². The van der Waals surface area contributed by atoms with E-state index >= 15 is 0 Å². The molecule has 3 heterocycles. The van der Waals surface area contributed by atoms with Gasteiger partial charge in [0.2, 0.25) is 0 Å². The Bertz CT molecular complexity index is 3250. The van der Waals surface area contributed by atoms with Crippen LogP contribution in [0.15, 0.2) is 203 Å². The maximum absolute atomic E-state index is 6.53. The number of hydrogen-bond donors (Lipinski definition) is 0. The van der Waals surface area contributed by atoms with Crippen molar-refractivity contribution in [1.29, 1.82) is 0 Å². The monoisotopic (exact) mass is 716 g/mol. The summed E-state index contributed by atoms with van der Waals surface area (Å²) in [6, 6.07) is 67.5. The minimum atomic E-state index is 0.647. The molecule has 0 aliphatic heterocycles. The van der Waals surface area contributed by atoms with Crippen LogP contribution in [0.1, 0.15) is 0 Å². The molecular formula is C52H32N2O2. The molecule has 0 aliphatic carbocycles. The number of benzene rings is 8. The van der Waals surface area contributed by atoms with Crippen molar-refractivity contribution >= 4 is 43.9 Å². The lowest BCUT2D eigenvalue weighted by Gasteiger charge is -2.15. The zero-order chi connectivity index (χ0) is 37.0. The van der Waals surface area contributed by atoms with Crippen molar-refractivity contribution in [2.45, 2.75) is 0 Å². The normalized spacial score (nSPS) is 11.6. The molecule has 0 unspecified atom stereocenters. The van der Waals surface area contributed by atoms with E-state index in [9.17, 15) is 0 Å². The number of aromatic nitrogens is 2. The van der Waals surface area contributed by atoms with Crippen LogP contribution in [0.4, 0.5) is 0 Å². The van der Waals surface area contributed by atoms with Gasteiger partial charge in [-0.15, -0.1) is 0 Å². The smallest absolute Gasteiger partial charge is 0.160 e. The second-order valence-electron chi connectivity index (χ2n) is 14.1. The first kappa shape index (κ1) is 31.9. The van der Waals surface area contributed by atoms with Crippen LogP contribution in [-0.2, 0) is 0 Å². The fraction of sp³-hybridized carbons (Fsp3) is 0. The van der Waals surface area contributed by atoms with Crippen molar-refractivity contribution in [3.05, 3.63) is 194 Å². The third-order valence-electron chi connectivity index (χ3n) is 10.7. The first-order valence-corrected chi connectivity index (χ1v) is 18.8. The van der Waals surface area contributed by atoms with Gasteiger partial charge < -0.3 is 8.83 Å². The average molecular weight is 717 g/mol. The number of nitrogens with zero attached hydrogens (tertiary/aromatic N) is 2. The van der Waals surface area contributed by atoms with Gasteiger partial charge in [0.05, 0.1) is 11.4 Å². The predicted molar refractivity (Wildman–Crippen MR) is 229 cm³/mol. The van der Waals surface area contributed by atoms with Crippen LogP contribution < -0.4 is 0 Å². The molecule has 262 valence electrons. The van der Waals surface area contributed by atoms with Gasteiger partial charge in [-0.25, -0.2) is 9.97 Å². The van der Waals surface area contributed by atoms with Crippen molar-refractivity contribution in [2.75, 3.05) is 0 Å². The standard InChI is InChI=1S/C52H32N2O2/c1-3-14-33(15-4-1)39-18-7-8-19-40(39)37-28-36(35-26-27-50-45(31-35)42-21-10-11-24-48(42)55-50)29-38(30-37)46-32-47(54-52(53-46)34-16-5-2-6-17-34)44-23-13-22-43-41-20-9-12-25-49(41)56-51(43)44/h1-32H. The van der Waals surface area contributed by atoms with Gasteiger partial charge in [0.15, 0.2) is 5.82 Å². The summed E-state index contributed by atoms with van der Waals surface area (Å²) in [6.07, 6.45) is 0. The maximum atomic E-state index is 6.53. The van der Waals surface area contributed by atoms with Crippen LogP contribution in [0.25, 0.3) is 111 Å². The minimum Gasteiger partial charge on any atom is -0.456 e. The number of hydrogen-bond acceptors (Lipinski definition) is 4. The van der Waals surface area contributed by atoms with E-state index in [-0.39, 0.29) is 0 Å². The van der Waals surface area contributed by atoms with Gasteiger partial charge in [0.25, 0.3) is 0 Å². The molecule has 0 spiro atoms. The van der Waals surface area contributed by atoms with Crippen LogP contribution in [0, 0.1) is 0 Å². The summed E-state index contributed by atoms with van der Waals surface area (Å²) in [6.45, 7) is 0. The Labute approximate surface area is 323 Å². The molecule has 4 heteroatoms. The van der Waals surface area contributed by atoms with E-state index in [0.29, 0.717) is 5.82 Å². The molecule has 11 rings (SSSR count). The maximum Gasteiger partial charge on any atom is 0.160 e. The second-order valence-corrected chi connectivity index (χ2v) is 14.1. The third-order valence-corrected chi connectivity index (χ3v) is 10.7. The molecule has 8 aromatic carbocycles. The van der Waals surface area contributed by atoms with E-state index < -0.39 is 0 Å². The average Bonchev–Trinajstić information content (AvgIpc) is 3.85. The summed E-state index contributed by atoms with van der Waals surface area (Å²) < 4.78 is 12.8. The summed E-state index contributed by atoms with van der Waals surface area (Å²) >= 11 is 0. The Morgan fingerprint density at radius 3 is 1.62 bits per heavy atom. The Kier molecular flexibility index (Phi) is 7.46. The van der Waals surface area contributed by atoms with Crippen molar-refractivity contribution in [3.8, 4) is 67.3 Å². The molecule has 0 amide bonds. The van der Waals surface area contributed by atoms with E-state index in [1.807, 2.05) is 48.5 Å². The van der Waals surface area contributed by atoms with Gasteiger partial charge in [-0.05, 0) is 88.0 Å². The van der Waals surface area contributed by atoms with Gasteiger partial charge in [-0.2, -0.15) is 0 Å². The van der Waals surface area contributed by atoms with Crippen molar-refractivity contribution < 1.29 is 8.83 Å². The lowest BCUT2D eigenvalue weighted by atomic mass is 9.90. The zero-order valence-corrected chi connectivity index (χ0v) is 30.2. The fourth-order valence-corrected chi connectivity index (χ4v) is 8.01. The molecule has 0 saturated heterocycles. The highest BCUT2D eigenvalue weighted by molar-refractivity contribution is 6.09. The van der Waals surface area contributed by atoms with Gasteiger partial charge in [0, 0.05) is 38.2 Å². The summed E-state index contributed by atoms with van der Waals surface area (Å²) in [4.78, 5) is 10.5. The molecule has 11 aromatic rings.